The van der Waals surface area contributed by atoms with E-state index in [1.54, 1.807) is 0 Å². The quantitative estimate of drug-likeness (QED) is 0.784. The van der Waals surface area contributed by atoms with Gasteiger partial charge in [0.2, 0.25) is 0 Å². The summed E-state index contributed by atoms with van der Waals surface area (Å²) in [6, 6.07) is 8.70. The van der Waals surface area contributed by atoms with Crippen molar-refractivity contribution in [2.45, 2.75) is 31.8 Å². The Kier molecular flexibility index (Phi) is 2.52. The fourth-order valence-electron chi connectivity index (χ4n) is 2.78. The molecule has 4 heteroatoms. The molecule has 2 heterocycles. The van der Waals surface area contributed by atoms with Gasteiger partial charge in [-0.05, 0) is 38.4 Å². The highest BCUT2D eigenvalue weighted by Crippen LogP contribution is 2.23. The van der Waals surface area contributed by atoms with Crippen LogP contribution in [0.1, 0.15) is 25.8 Å². The van der Waals surface area contributed by atoms with Gasteiger partial charge in [-0.1, -0.05) is 12.1 Å². The number of aromatic amines is 1. The van der Waals surface area contributed by atoms with Gasteiger partial charge < -0.3 is 10.3 Å². The molecule has 2 unspecified atom stereocenters. The molecule has 0 saturated carbocycles. The number of hydrogen-bond acceptors (Lipinski definition) is 2. The Morgan fingerprint density at radius 2 is 2.18 bits per heavy atom. The van der Waals surface area contributed by atoms with E-state index in [2.05, 4.69) is 17.2 Å². The van der Waals surface area contributed by atoms with E-state index in [0.717, 1.165) is 30.4 Å². The summed E-state index contributed by atoms with van der Waals surface area (Å²) in [5, 5.41) is 3.42. The summed E-state index contributed by atoms with van der Waals surface area (Å²) in [6.45, 7) is 3.16. The predicted octanol–water partition coefficient (Wildman–Crippen LogP) is 1.64. The maximum Gasteiger partial charge on any atom is 0.326 e. The van der Waals surface area contributed by atoms with Crippen LogP contribution in [0, 0.1) is 0 Å². The molecular weight excluding hydrogens is 214 g/mol. The molecule has 1 aliphatic heterocycles. The first-order valence-corrected chi connectivity index (χ1v) is 6.18. The van der Waals surface area contributed by atoms with E-state index >= 15 is 0 Å². The topological polar surface area (TPSA) is 49.8 Å². The van der Waals surface area contributed by atoms with Crippen molar-refractivity contribution in [3.05, 3.63) is 34.7 Å². The number of piperidine rings is 1. The van der Waals surface area contributed by atoms with Gasteiger partial charge in [0.1, 0.15) is 0 Å². The highest BCUT2D eigenvalue weighted by Gasteiger charge is 2.22. The van der Waals surface area contributed by atoms with Crippen LogP contribution in [0.2, 0.25) is 0 Å². The molecule has 1 aromatic heterocycles. The first kappa shape index (κ1) is 10.6. The molecule has 1 aliphatic rings. The molecule has 2 atom stereocenters. The van der Waals surface area contributed by atoms with Gasteiger partial charge >= 0.3 is 5.69 Å². The smallest absolute Gasteiger partial charge is 0.314 e. The van der Waals surface area contributed by atoms with Crippen LogP contribution in [0.4, 0.5) is 0 Å². The fourth-order valence-corrected chi connectivity index (χ4v) is 2.78. The average molecular weight is 231 g/mol. The molecule has 2 aromatic rings. The summed E-state index contributed by atoms with van der Waals surface area (Å²) < 4.78 is 1.92. The maximum atomic E-state index is 12.0. The molecule has 0 amide bonds. The van der Waals surface area contributed by atoms with Gasteiger partial charge in [0.25, 0.3) is 0 Å². The average Bonchev–Trinajstić information content (AvgIpc) is 2.64. The molecule has 0 aliphatic carbocycles. The first-order chi connectivity index (χ1) is 8.25. The Labute approximate surface area is 99.6 Å². The Morgan fingerprint density at radius 3 is 3.00 bits per heavy atom. The van der Waals surface area contributed by atoms with Crippen LogP contribution in [-0.2, 0) is 0 Å². The number of aromatic nitrogens is 2. The summed E-state index contributed by atoms with van der Waals surface area (Å²) in [7, 11) is 0. The van der Waals surface area contributed by atoms with E-state index in [4.69, 9.17) is 0 Å². The third-order valence-corrected chi connectivity index (χ3v) is 3.59. The van der Waals surface area contributed by atoms with Gasteiger partial charge in [0.15, 0.2) is 0 Å². The van der Waals surface area contributed by atoms with Gasteiger partial charge in [-0.25, -0.2) is 4.79 Å². The highest BCUT2D eigenvalue weighted by atomic mass is 16.1. The Hall–Kier alpha value is -1.55. The Bertz CT molecular complexity index is 584. The monoisotopic (exact) mass is 231 g/mol. The van der Waals surface area contributed by atoms with Gasteiger partial charge in [-0.2, -0.15) is 0 Å². The molecule has 90 valence electrons. The lowest BCUT2D eigenvalue weighted by Crippen LogP contribution is -2.38. The summed E-state index contributed by atoms with van der Waals surface area (Å²) >= 11 is 0. The summed E-state index contributed by atoms with van der Waals surface area (Å²) in [6.07, 6.45) is 2.04. The van der Waals surface area contributed by atoms with Crippen molar-refractivity contribution in [1.82, 2.24) is 14.9 Å². The molecule has 4 nitrogen and oxygen atoms in total. The van der Waals surface area contributed by atoms with E-state index in [0.29, 0.717) is 12.1 Å². The third-order valence-electron chi connectivity index (χ3n) is 3.59. The van der Waals surface area contributed by atoms with Gasteiger partial charge in [-0.3, -0.25) is 4.57 Å². The summed E-state index contributed by atoms with van der Waals surface area (Å²) in [4.78, 5) is 15.0. The summed E-state index contributed by atoms with van der Waals surface area (Å²) in [5.41, 5.74) is 1.98. The molecule has 0 radical (unpaired) electrons. The van der Waals surface area contributed by atoms with E-state index < -0.39 is 0 Å². The van der Waals surface area contributed by atoms with E-state index in [9.17, 15) is 4.79 Å². The molecule has 0 bridgehead atoms. The van der Waals surface area contributed by atoms with Crippen molar-refractivity contribution in [3.8, 4) is 0 Å². The zero-order chi connectivity index (χ0) is 11.8. The van der Waals surface area contributed by atoms with Crippen molar-refractivity contribution in [2.75, 3.05) is 6.54 Å². The lowest BCUT2D eigenvalue weighted by Gasteiger charge is -2.28. The Balaban J connectivity index is 2.10. The number of para-hydroxylation sites is 2. The molecule has 2 N–H and O–H groups in total. The molecule has 17 heavy (non-hydrogen) atoms. The normalized spacial score (nSPS) is 25.2. The predicted molar refractivity (Wildman–Crippen MR) is 68.3 cm³/mol. The number of benzene rings is 1. The second kappa shape index (κ2) is 4.04. The lowest BCUT2D eigenvalue weighted by molar-refractivity contribution is 0.314. The molecule has 1 fully saturated rings. The minimum Gasteiger partial charge on any atom is -0.314 e. The lowest BCUT2D eigenvalue weighted by atomic mass is 10.0. The fraction of sp³-hybridized carbons (Fsp3) is 0.462. The van der Waals surface area contributed by atoms with Crippen LogP contribution < -0.4 is 11.0 Å². The molecule has 0 spiro atoms. The zero-order valence-electron chi connectivity index (χ0n) is 9.94. The van der Waals surface area contributed by atoms with E-state index in [1.807, 2.05) is 28.8 Å². The molecule has 1 saturated heterocycles. The number of nitrogens with zero attached hydrogens (tertiary/aromatic N) is 1. The maximum absolute atomic E-state index is 12.0. The molecular formula is C13H17N3O. The second-order valence-electron chi connectivity index (χ2n) is 4.85. The van der Waals surface area contributed by atoms with Crippen LogP contribution in [0.3, 0.4) is 0 Å². The van der Waals surface area contributed by atoms with Crippen molar-refractivity contribution in [2.24, 2.45) is 0 Å². The largest absolute Gasteiger partial charge is 0.326 e. The van der Waals surface area contributed by atoms with Gasteiger partial charge in [0.05, 0.1) is 11.0 Å². The molecule has 3 rings (SSSR count). The third kappa shape index (κ3) is 1.78. The van der Waals surface area contributed by atoms with E-state index in [-0.39, 0.29) is 5.69 Å². The van der Waals surface area contributed by atoms with Crippen LogP contribution >= 0.6 is 0 Å². The number of hydrogen-bond donors (Lipinski definition) is 2. The number of imidazole rings is 1. The molecule has 1 aromatic carbocycles. The number of H-pyrrole nitrogens is 1. The minimum atomic E-state index is 0.0188. The van der Waals surface area contributed by atoms with E-state index in [1.165, 1.54) is 0 Å². The van der Waals surface area contributed by atoms with Crippen molar-refractivity contribution in [1.29, 1.82) is 0 Å². The van der Waals surface area contributed by atoms with Crippen molar-refractivity contribution in [3.63, 3.8) is 0 Å². The Morgan fingerprint density at radius 1 is 1.35 bits per heavy atom. The number of fused-ring (bicyclic) bond motifs is 1. The summed E-state index contributed by atoms with van der Waals surface area (Å²) in [5.74, 6) is 0. The second-order valence-corrected chi connectivity index (χ2v) is 4.85. The first-order valence-electron chi connectivity index (χ1n) is 6.18. The van der Waals surface area contributed by atoms with Gasteiger partial charge in [0, 0.05) is 12.1 Å². The van der Waals surface area contributed by atoms with Crippen LogP contribution in [0.5, 0.6) is 0 Å². The van der Waals surface area contributed by atoms with Crippen LogP contribution in [0.25, 0.3) is 11.0 Å². The van der Waals surface area contributed by atoms with Crippen LogP contribution in [0.15, 0.2) is 29.1 Å². The SMILES string of the molecule is CC1CC(n2c(=O)[nH]c3ccccc32)CCN1. The number of nitrogens with one attached hydrogen (secondary N) is 2. The minimum absolute atomic E-state index is 0.0188. The zero-order valence-corrected chi connectivity index (χ0v) is 9.94. The van der Waals surface area contributed by atoms with Crippen LogP contribution in [-0.4, -0.2) is 22.1 Å². The van der Waals surface area contributed by atoms with Crippen molar-refractivity contribution >= 4 is 11.0 Å². The highest BCUT2D eigenvalue weighted by molar-refractivity contribution is 5.75. The standard InChI is InChI=1S/C13H17N3O/c1-9-8-10(6-7-14-9)16-12-5-3-2-4-11(12)15-13(16)17/h2-5,9-10,14H,6-8H2,1H3,(H,15,17). The van der Waals surface area contributed by atoms with Gasteiger partial charge in [-0.15, -0.1) is 0 Å². The van der Waals surface area contributed by atoms with Crippen molar-refractivity contribution < 1.29 is 0 Å². The number of rotatable bonds is 1.